The molecule has 2 N–H and O–H groups in total. The van der Waals surface area contributed by atoms with Crippen molar-refractivity contribution in [3.8, 4) is 0 Å². The molecule has 0 unspecified atom stereocenters. The summed E-state index contributed by atoms with van der Waals surface area (Å²) in [6.45, 7) is 2.64. The van der Waals surface area contributed by atoms with E-state index in [4.69, 9.17) is 0 Å². The number of rotatable bonds is 6. The third-order valence-corrected chi connectivity index (χ3v) is 3.52. The first kappa shape index (κ1) is 15.1. The molecule has 0 atom stereocenters. The first-order valence-electron chi connectivity index (χ1n) is 6.44. The zero-order chi connectivity index (χ0) is 15.2. The van der Waals surface area contributed by atoms with Crippen molar-refractivity contribution < 1.29 is 4.92 Å². The van der Waals surface area contributed by atoms with Gasteiger partial charge in [0.15, 0.2) is 0 Å². The van der Waals surface area contributed by atoms with E-state index in [1.807, 2.05) is 37.4 Å². The molecular weight excluding hydrogens is 288 g/mol. The van der Waals surface area contributed by atoms with Crippen LogP contribution < -0.4 is 10.6 Å². The van der Waals surface area contributed by atoms with Crippen LogP contribution in [0.5, 0.6) is 0 Å². The molecule has 0 aliphatic heterocycles. The summed E-state index contributed by atoms with van der Waals surface area (Å²) in [5.41, 5.74) is 0.711. The Labute approximate surface area is 127 Å². The van der Waals surface area contributed by atoms with Gasteiger partial charge in [0.2, 0.25) is 5.82 Å². The minimum atomic E-state index is -0.443. The summed E-state index contributed by atoms with van der Waals surface area (Å²) in [6.07, 6.45) is 1.99. The molecule has 0 spiro atoms. The Balaban J connectivity index is 2.30. The van der Waals surface area contributed by atoms with Crippen LogP contribution in [-0.4, -0.2) is 22.7 Å². The molecule has 0 fully saturated rings. The van der Waals surface area contributed by atoms with Crippen LogP contribution in [0.15, 0.2) is 41.3 Å². The molecule has 0 aliphatic carbocycles. The van der Waals surface area contributed by atoms with Gasteiger partial charge >= 0.3 is 5.69 Å². The minimum Gasteiger partial charge on any atom is -0.370 e. The van der Waals surface area contributed by atoms with E-state index in [9.17, 15) is 10.1 Å². The van der Waals surface area contributed by atoms with Crippen LogP contribution in [0.4, 0.5) is 23.0 Å². The quantitative estimate of drug-likeness (QED) is 0.479. The zero-order valence-electron chi connectivity index (χ0n) is 11.8. The summed E-state index contributed by atoms with van der Waals surface area (Å²) in [4.78, 5) is 16.0. The van der Waals surface area contributed by atoms with Gasteiger partial charge in [-0.2, -0.15) is 0 Å². The van der Waals surface area contributed by atoms with Gasteiger partial charge in [-0.05, 0) is 43.5 Å². The van der Waals surface area contributed by atoms with Crippen LogP contribution >= 0.6 is 11.8 Å². The molecule has 1 aromatic heterocycles. The normalized spacial score (nSPS) is 10.2. The predicted octanol–water partition coefficient (Wildman–Crippen LogP) is 3.89. The van der Waals surface area contributed by atoms with Crippen LogP contribution in [-0.2, 0) is 0 Å². The summed E-state index contributed by atoms with van der Waals surface area (Å²) < 4.78 is 0. The summed E-state index contributed by atoms with van der Waals surface area (Å²) >= 11 is 1.64. The molecule has 110 valence electrons. The van der Waals surface area contributed by atoms with Crippen molar-refractivity contribution in [3.63, 3.8) is 0 Å². The van der Waals surface area contributed by atoms with Crippen LogP contribution in [0.1, 0.15) is 6.92 Å². The number of anilines is 3. The SMILES string of the molecule is CCNc1ccc([N+](=O)[O-])c(Nc2ccc(SC)cc2)n1. The number of hydrogen-bond acceptors (Lipinski definition) is 6. The standard InChI is InChI=1S/C14H16N4O2S/c1-3-15-13-9-8-12(18(19)20)14(17-13)16-10-4-6-11(21-2)7-5-10/h4-9H,3H2,1-2H3,(H2,15,16,17). The molecule has 2 rings (SSSR count). The fourth-order valence-electron chi connectivity index (χ4n) is 1.78. The molecule has 7 heteroatoms. The third-order valence-electron chi connectivity index (χ3n) is 2.78. The maximum absolute atomic E-state index is 11.1. The molecule has 2 aromatic rings. The number of aromatic nitrogens is 1. The molecule has 0 amide bonds. The Hall–Kier alpha value is -2.28. The lowest BCUT2D eigenvalue weighted by atomic mass is 10.3. The number of hydrogen-bond donors (Lipinski definition) is 2. The first-order chi connectivity index (χ1) is 10.1. The number of benzene rings is 1. The lowest BCUT2D eigenvalue weighted by Gasteiger charge is -2.09. The van der Waals surface area contributed by atoms with Gasteiger partial charge in [-0.3, -0.25) is 10.1 Å². The van der Waals surface area contributed by atoms with Gasteiger partial charge < -0.3 is 10.6 Å². The lowest BCUT2D eigenvalue weighted by Crippen LogP contribution is -2.04. The second-order valence-electron chi connectivity index (χ2n) is 4.21. The fraction of sp³-hybridized carbons (Fsp3) is 0.214. The molecule has 6 nitrogen and oxygen atoms in total. The van der Waals surface area contributed by atoms with E-state index in [1.54, 1.807) is 17.8 Å². The van der Waals surface area contributed by atoms with E-state index >= 15 is 0 Å². The average Bonchev–Trinajstić information content (AvgIpc) is 2.48. The maximum Gasteiger partial charge on any atom is 0.311 e. The molecule has 1 heterocycles. The summed E-state index contributed by atoms with van der Waals surface area (Å²) in [7, 11) is 0. The molecule has 1 aromatic carbocycles. The van der Waals surface area contributed by atoms with Crippen LogP contribution in [0.25, 0.3) is 0 Å². The molecule has 0 aliphatic rings. The zero-order valence-corrected chi connectivity index (χ0v) is 12.6. The number of nitrogens with zero attached hydrogens (tertiary/aromatic N) is 2. The van der Waals surface area contributed by atoms with E-state index in [0.717, 1.165) is 10.6 Å². The smallest absolute Gasteiger partial charge is 0.311 e. The Kier molecular flexibility index (Phi) is 4.99. The predicted molar refractivity (Wildman–Crippen MR) is 86.6 cm³/mol. The minimum absolute atomic E-state index is 0.0504. The van der Waals surface area contributed by atoms with Gasteiger partial charge in [-0.15, -0.1) is 11.8 Å². The monoisotopic (exact) mass is 304 g/mol. The van der Waals surface area contributed by atoms with Crippen LogP contribution in [0.3, 0.4) is 0 Å². The molecule has 0 saturated heterocycles. The average molecular weight is 304 g/mol. The van der Waals surface area contributed by atoms with Gasteiger partial charge in [0.25, 0.3) is 0 Å². The number of nitrogens with one attached hydrogen (secondary N) is 2. The van der Waals surface area contributed by atoms with Gasteiger partial charge in [-0.25, -0.2) is 4.98 Å². The topological polar surface area (TPSA) is 80.1 Å². The molecule has 0 radical (unpaired) electrons. The molecular formula is C14H16N4O2S. The van der Waals surface area contributed by atoms with E-state index in [-0.39, 0.29) is 11.5 Å². The lowest BCUT2D eigenvalue weighted by molar-refractivity contribution is -0.384. The van der Waals surface area contributed by atoms with Crippen molar-refractivity contribution in [2.75, 3.05) is 23.4 Å². The fourth-order valence-corrected chi connectivity index (χ4v) is 2.19. The van der Waals surface area contributed by atoms with Crippen molar-refractivity contribution >= 4 is 34.8 Å². The van der Waals surface area contributed by atoms with E-state index in [2.05, 4.69) is 15.6 Å². The van der Waals surface area contributed by atoms with E-state index < -0.39 is 4.92 Å². The highest BCUT2D eigenvalue weighted by Gasteiger charge is 2.16. The Morgan fingerprint density at radius 1 is 1.24 bits per heavy atom. The molecule has 0 bridgehead atoms. The van der Waals surface area contributed by atoms with E-state index in [0.29, 0.717) is 12.4 Å². The first-order valence-corrected chi connectivity index (χ1v) is 7.67. The molecule has 0 saturated carbocycles. The van der Waals surface area contributed by atoms with Gasteiger partial charge in [0.05, 0.1) is 4.92 Å². The Morgan fingerprint density at radius 3 is 2.52 bits per heavy atom. The maximum atomic E-state index is 11.1. The highest BCUT2D eigenvalue weighted by Crippen LogP contribution is 2.28. The summed E-state index contributed by atoms with van der Waals surface area (Å²) in [6, 6.07) is 10.7. The highest BCUT2D eigenvalue weighted by molar-refractivity contribution is 7.98. The Morgan fingerprint density at radius 2 is 1.95 bits per heavy atom. The van der Waals surface area contributed by atoms with E-state index in [1.165, 1.54) is 6.07 Å². The van der Waals surface area contributed by atoms with Crippen LogP contribution in [0, 0.1) is 10.1 Å². The van der Waals surface area contributed by atoms with Crippen molar-refractivity contribution in [3.05, 3.63) is 46.5 Å². The summed E-state index contributed by atoms with van der Waals surface area (Å²) in [5, 5.41) is 17.1. The summed E-state index contributed by atoms with van der Waals surface area (Å²) in [5.74, 6) is 0.835. The van der Waals surface area contributed by atoms with Gasteiger partial charge in [0.1, 0.15) is 5.82 Å². The van der Waals surface area contributed by atoms with Gasteiger partial charge in [-0.1, -0.05) is 0 Å². The van der Waals surface area contributed by atoms with Crippen molar-refractivity contribution in [2.45, 2.75) is 11.8 Å². The Bertz CT molecular complexity index is 631. The van der Waals surface area contributed by atoms with Crippen molar-refractivity contribution in [1.82, 2.24) is 4.98 Å². The number of thioether (sulfide) groups is 1. The second-order valence-corrected chi connectivity index (χ2v) is 5.08. The van der Waals surface area contributed by atoms with Crippen molar-refractivity contribution in [2.24, 2.45) is 0 Å². The largest absolute Gasteiger partial charge is 0.370 e. The number of pyridine rings is 1. The second kappa shape index (κ2) is 6.94. The van der Waals surface area contributed by atoms with Gasteiger partial charge in [0, 0.05) is 23.2 Å². The van der Waals surface area contributed by atoms with Crippen molar-refractivity contribution in [1.29, 1.82) is 0 Å². The highest BCUT2D eigenvalue weighted by atomic mass is 32.2. The number of nitro groups is 1. The molecule has 21 heavy (non-hydrogen) atoms. The third kappa shape index (κ3) is 3.85. The van der Waals surface area contributed by atoms with Crippen LogP contribution in [0.2, 0.25) is 0 Å².